The van der Waals surface area contributed by atoms with Crippen molar-refractivity contribution in [2.75, 3.05) is 56.2 Å². The molecule has 3 heterocycles. The number of nitrogens with zero attached hydrogens (tertiary/aromatic N) is 4. The number of piperidine rings is 1. The maximum absolute atomic E-state index is 5.41. The molecule has 0 amide bonds. The van der Waals surface area contributed by atoms with Gasteiger partial charge in [-0.25, -0.2) is 4.98 Å². The van der Waals surface area contributed by atoms with Crippen LogP contribution in [0.1, 0.15) is 31.9 Å². The Hall–Kier alpha value is -1.51. The van der Waals surface area contributed by atoms with Gasteiger partial charge in [-0.05, 0) is 45.3 Å². The van der Waals surface area contributed by atoms with Gasteiger partial charge in [-0.3, -0.25) is 4.90 Å². The predicted octanol–water partition coefficient (Wildman–Crippen LogP) is 1.78. The molecule has 0 bridgehead atoms. The molecule has 2 N–H and O–H groups in total. The van der Waals surface area contributed by atoms with E-state index in [1.165, 1.54) is 19.3 Å². The van der Waals surface area contributed by atoms with Gasteiger partial charge in [0.15, 0.2) is 5.11 Å². The lowest BCUT2D eigenvalue weighted by Gasteiger charge is -2.34. The molecule has 2 aliphatic rings. The first-order valence-corrected chi connectivity index (χ1v) is 10.00. The Morgan fingerprint density at radius 3 is 2.85 bits per heavy atom. The summed E-state index contributed by atoms with van der Waals surface area (Å²) in [5.41, 5.74) is 0.950. The average Bonchev–Trinajstić information content (AvgIpc) is 2.62. The van der Waals surface area contributed by atoms with Crippen molar-refractivity contribution in [3.63, 3.8) is 0 Å². The lowest BCUT2D eigenvalue weighted by atomic mass is 10.0. The van der Waals surface area contributed by atoms with Crippen LogP contribution in [0.25, 0.3) is 0 Å². The molecule has 0 aromatic carbocycles. The van der Waals surface area contributed by atoms with Gasteiger partial charge in [-0.15, -0.1) is 0 Å². The van der Waals surface area contributed by atoms with Crippen molar-refractivity contribution < 1.29 is 4.74 Å². The Bertz CT molecular complexity index is 607. The fourth-order valence-corrected chi connectivity index (χ4v) is 3.68. The summed E-state index contributed by atoms with van der Waals surface area (Å²) in [7, 11) is 0. The predicted molar refractivity (Wildman–Crippen MR) is 109 cm³/mol. The second-order valence-electron chi connectivity index (χ2n) is 7.06. The molecule has 1 atom stereocenters. The number of rotatable bonds is 5. The third-order valence-electron chi connectivity index (χ3n) is 4.98. The third kappa shape index (κ3) is 5.49. The Morgan fingerprint density at radius 1 is 1.27 bits per heavy atom. The first-order valence-electron chi connectivity index (χ1n) is 9.59. The summed E-state index contributed by atoms with van der Waals surface area (Å²) in [5.74, 6) is 1.56. The van der Waals surface area contributed by atoms with Crippen LogP contribution >= 0.6 is 12.2 Å². The number of hydrogen-bond donors (Lipinski definition) is 2. The Labute approximate surface area is 161 Å². The maximum atomic E-state index is 5.41. The van der Waals surface area contributed by atoms with Gasteiger partial charge in [0.25, 0.3) is 0 Å². The Kier molecular flexibility index (Phi) is 6.99. The number of thiocarbonyl (C=S) groups is 1. The van der Waals surface area contributed by atoms with Crippen molar-refractivity contribution in [2.24, 2.45) is 0 Å². The van der Waals surface area contributed by atoms with Gasteiger partial charge in [-0.1, -0.05) is 0 Å². The average molecular weight is 379 g/mol. The third-order valence-corrected chi connectivity index (χ3v) is 5.23. The van der Waals surface area contributed by atoms with Gasteiger partial charge >= 0.3 is 0 Å². The Balaban J connectivity index is 1.52. The summed E-state index contributed by atoms with van der Waals surface area (Å²) < 4.78 is 5.37. The van der Waals surface area contributed by atoms with E-state index in [9.17, 15) is 0 Å². The van der Waals surface area contributed by atoms with E-state index in [0.717, 1.165) is 57.4 Å². The van der Waals surface area contributed by atoms with Crippen LogP contribution in [0.15, 0.2) is 6.07 Å². The highest BCUT2D eigenvalue weighted by Crippen LogP contribution is 2.24. The monoisotopic (exact) mass is 378 g/mol. The summed E-state index contributed by atoms with van der Waals surface area (Å²) in [4.78, 5) is 13.9. The van der Waals surface area contributed by atoms with Crippen molar-refractivity contribution in [3.05, 3.63) is 11.8 Å². The molecule has 0 spiro atoms. The minimum atomic E-state index is 0.518. The van der Waals surface area contributed by atoms with Crippen molar-refractivity contribution in [1.29, 1.82) is 0 Å². The molecule has 0 aliphatic carbocycles. The minimum absolute atomic E-state index is 0.518. The second-order valence-corrected chi connectivity index (χ2v) is 7.47. The Morgan fingerprint density at radius 2 is 2.08 bits per heavy atom. The van der Waals surface area contributed by atoms with E-state index in [1.54, 1.807) is 0 Å². The minimum Gasteiger partial charge on any atom is -0.379 e. The number of morpholine rings is 1. The molecule has 2 fully saturated rings. The van der Waals surface area contributed by atoms with Crippen molar-refractivity contribution >= 4 is 29.1 Å². The summed E-state index contributed by atoms with van der Waals surface area (Å²) in [6.07, 6.45) is 3.73. The molecule has 1 aromatic heterocycles. The molecule has 8 heteroatoms. The zero-order chi connectivity index (χ0) is 18.4. The van der Waals surface area contributed by atoms with Gasteiger partial charge < -0.3 is 20.3 Å². The number of ether oxygens (including phenoxy) is 1. The molecule has 0 saturated carbocycles. The van der Waals surface area contributed by atoms with E-state index < -0.39 is 0 Å². The van der Waals surface area contributed by atoms with Crippen LogP contribution in [0.2, 0.25) is 0 Å². The van der Waals surface area contributed by atoms with Crippen LogP contribution in [-0.4, -0.2) is 72.0 Å². The van der Waals surface area contributed by atoms with Gasteiger partial charge in [0.1, 0.15) is 5.82 Å². The van der Waals surface area contributed by atoms with Crippen LogP contribution in [0.3, 0.4) is 0 Å². The van der Waals surface area contributed by atoms with E-state index in [-0.39, 0.29) is 0 Å². The highest BCUT2D eigenvalue weighted by atomic mass is 32.1. The van der Waals surface area contributed by atoms with E-state index in [2.05, 4.69) is 38.4 Å². The first-order chi connectivity index (χ1) is 12.6. The molecule has 7 nitrogen and oxygen atoms in total. The van der Waals surface area contributed by atoms with Gasteiger partial charge in [0.05, 0.1) is 13.2 Å². The second kappa shape index (κ2) is 9.43. The van der Waals surface area contributed by atoms with E-state index in [1.807, 2.05) is 6.92 Å². The fraction of sp³-hybridized carbons (Fsp3) is 0.722. The summed E-state index contributed by atoms with van der Waals surface area (Å²) >= 11 is 5.41. The molecule has 144 valence electrons. The highest BCUT2D eigenvalue weighted by Gasteiger charge is 2.20. The van der Waals surface area contributed by atoms with E-state index >= 15 is 0 Å². The van der Waals surface area contributed by atoms with Gasteiger partial charge in [0, 0.05) is 50.5 Å². The first kappa shape index (κ1) is 19.3. The smallest absolute Gasteiger partial charge is 0.231 e. The van der Waals surface area contributed by atoms with Crippen LogP contribution < -0.4 is 15.5 Å². The van der Waals surface area contributed by atoms with Crippen molar-refractivity contribution in [1.82, 2.24) is 20.2 Å². The van der Waals surface area contributed by atoms with E-state index in [4.69, 9.17) is 21.9 Å². The fourth-order valence-electron chi connectivity index (χ4n) is 3.49. The molecule has 2 saturated heterocycles. The molecule has 2 aliphatic heterocycles. The zero-order valence-corrected chi connectivity index (χ0v) is 16.6. The van der Waals surface area contributed by atoms with Crippen LogP contribution in [0.4, 0.5) is 11.8 Å². The van der Waals surface area contributed by atoms with Crippen LogP contribution in [0, 0.1) is 6.92 Å². The quantitative estimate of drug-likeness (QED) is 0.752. The summed E-state index contributed by atoms with van der Waals surface area (Å²) in [5, 5.41) is 6.96. The summed E-state index contributed by atoms with van der Waals surface area (Å²) in [6.45, 7) is 10.7. The standard InChI is InChI=1S/C18H30N6OS/c1-14-13-16(24-7-4-3-5-15(24)2)21-17(20-14)22-18(26)19-6-8-23-9-11-25-12-10-23/h13,15H,3-12H2,1-2H3,(H2,19,20,21,22,26)/t15-/m1/s1. The SMILES string of the molecule is Cc1cc(N2CCCC[C@H]2C)nc(NC(=S)NCCN2CCOCC2)n1. The van der Waals surface area contributed by atoms with Crippen molar-refractivity contribution in [2.45, 2.75) is 39.2 Å². The van der Waals surface area contributed by atoms with Crippen LogP contribution in [0.5, 0.6) is 0 Å². The normalized spacial score (nSPS) is 21.5. The van der Waals surface area contributed by atoms with Gasteiger partial charge in [-0.2, -0.15) is 4.98 Å². The highest BCUT2D eigenvalue weighted by molar-refractivity contribution is 7.80. The molecular weight excluding hydrogens is 348 g/mol. The molecule has 26 heavy (non-hydrogen) atoms. The van der Waals surface area contributed by atoms with Crippen molar-refractivity contribution in [3.8, 4) is 0 Å². The lowest BCUT2D eigenvalue weighted by Crippen LogP contribution is -2.42. The van der Waals surface area contributed by atoms with Gasteiger partial charge in [0.2, 0.25) is 5.95 Å². The lowest BCUT2D eigenvalue weighted by molar-refractivity contribution is 0.0389. The number of hydrogen-bond acceptors (Lipinski definition) is 6. The summed E-state index contributed by atoms with van der Waals surface area (Å²) in [6, 6.07) is 2.58. The largest absolute Gasteiger partial charge is 0.379 e. The van der Waals surface area contributed by atoms with E-state index in [0.29, 0.717) is 17.1 Å². The zero-order valence-electron chi connectivity index (χ0n) is 15.8. The molecular formula is C18H30N6OS. The van der Waals surface area contributed by atoms with Crippen LogP contribution in [-0.2, 0) is 4.74 Å². The number of aromatic nitrogens is 2. The number of anilines is 2. The molecule has 3 rings (SSSR count). The molecule has 1 aromatic rings. The molecule has 0 unspecified atom stereocenters. The topological polar surface area (TPSA) is 65.6 Å². The molecule has 0 radical (unpaired) electrons. The number of nitrogens with one attached hydrogen (secondary N) is 2. The number of aryl methyl sites for hydroxylation is 1. The maximum Gasteiger partial charge on any atom is 0.231 e.